The first-order chi connectivity index (χ1) is 17.0. The third-order valence-electron chi connectivity index (χ3n) is 7.56. The molecule has 0 aromatic heterocycles. The van der Waals surface area contributed by atoms with Crippen LogP contribution < -0.4 is 0 Å². The number of rotatable bonds is 22. The van der Waals surface area contributed by atoms with Gasteiger partial charge in [-0.2, -0.15) is 0 Å². The molecule has 4 nitrogen and oxygen atoms in total. The monoisotopic (exact) mass is 494 g/mol. The minimum absolute atomic E-state index is 0.0298. The van der Waals surface area contributed by atoms with Crippen LogP contribution in [0, 0.1) is 17.8 Å². The Morgan fingerprint density at radius 2 is 0.914 bits per heavy atom. The Bertz CT molecular complexity index is 508. The van der Waals surface area contributed by atoms with E-state index in [0.29, 0.717) is 13.2 Å². The van der Waals surface area contributed by atoms with Gasteiger partial charge in [0.1, 0.15) is 0 Å². The van der Waals surface area contributed by atoms with Gasteiger partial charge in [-0.25, -0.2) is 0 Å². The third kappa shape index (κ3) is 17.9. The molecule has 0 aromatic carbocycles. The normalized spacial score (nSPS) is 18.1. The molecule has 0 aromatic rings. The molecule has 4 heteroatoms. The lowest BCUT2D eigenvalue weighted by Gasteiger charge is -2.26. The minimum Gasteiger partial charge on any atom is -0.465 e. The summed E-state index contributed by atoms with van der Waals surface area (Å²) in [4.78, 5) is 24.7. The van der Waals surface area contributed by atoms with E-state index in [1.54, 1.807) is 0 Å². The molecule has 1 aliphatic carbocycles. The van der Waals surface area contributed by atoms with E-state index in [2.05, 4.69) is 20.8 Å². The van der Waals surface area contributed by atoms with Crippen LogP contribution in [-0.4, -0.2) is 25.2 Å². The summed E-state index contributed by atoms with van der Waals surface area (Å²) in [5.41, 5.74) is 0. The second-order valence-corrected chi connectivity index (χ2v) is 11.4. The largest absolute Gasteiger partial charge is 0.465 e. The Morgan fingerprint density at radius 1 is 0.571 bits per heavy atom. The van der Waals surface area contributed by atoms with Gasteiger partial charge in [0.15, 0.2) is 0 Å². The Hall–Kier alpha value is -1.06. The van der Waals surface area contributed by atoms with Crippen molar-refractivity contribution in [2.75, 3.05) is 13.2 Å². The third-order valence-corrected chi connectivity index (χ3v) is 7.56. The highest BCUT2D eigenvalue weighted by atomic mass is 16.5. The molecule has 0 amide bonds. The van der Waals surface area contributed by atoms with Crippen molar-refractivity contribution in [3.63, 3.8) is 0 Å². The summed E-state index contributed by atoms with van der Waals surface area (Å²) >= 11 is 0. The van der Waals surface area contributed by atoms with Gasteiger partial charge in [-0.15, -0.1) is 0 Å². The van der Waals surface area contributed by atoms with Crippen LogP contribution in [0.1, 0.15) is 156 Å². The first-order valence-electron chi connectivity index (χ1n) is 15.4. The molecule has 206 valence electrons. The molecule has 0 saturated heterocycles. The van der Waals surface area contributed by atoms with Crippen molar-refractivity contribution >= 4 is 11.9 Å². The second-order valence-electron chi connectivity index (χ2n) is 11.4. The SMILES string of the molecule is CCCCCCCCCCCCOC(=O)C1CCC(C(=O)OCCCCCCCCC(C)C)CC1. The number of ether oxygens (including phenoxy) is 2. The predicted molar refractivity (Wildman–Crippen MR) is 146 cm³/mol. The molecule has 0 N–H and O–H groups in total. The summed E-state index contributed by atoms with van der Waals surface area (Å²) in [6, 6.07) is 0. The molecule has 1 saturated carbocycles. The van der Waals surface area contributed by atoms with Gasteiger partial charge in [0.25, 0.3) is 0 Å². The molecule has 0 aliphatic heterocycles. The van der Waals surface area contributed by atoms with E-state index in [1.807, 2.05) is 0 Å². The van der Waals surface area contributed by atoms with Crippen LogP contribution >= 0.6 is 0 Å². The van der Waals surface area contributed by atoms with Crippen molar-refractivity contribution in [1.82, 2.24) is 0 Å². The molecule has 0 bridgehead atoms. The van der Waals surface area contributed by atoms with Crippen molar-refractivity contribution in [2.24, 2.45) is 17.8 Å². The highest BCUT2D eigenvalue weighted by Crippen LogP contribution is 2.30. The van der Waals surface area contributed by atoms with E-state index < -0.39 is 0 Å². The van der Waals surface area contributed by atoms with Crippen molar-refractivity contribution in [2.45, 2.75) is 156 Å². The first-order valence-corrected chi connectivity index (χ1v) is 15.4. The average molecular weight is 495 g/mol. The molecule has 0 unspecified atom stereocenters. The van der Waals surface area contributed by atoms with Crippen molar-refractivity contribution in [1.29, 1.82) is 0 Å². The van der Waals surface area contributed by atoms with Gasteiger partial charge in [-0.1, -0.05) is 117 Å². The summed E-state index contributed by atoms with van der Waals surface area (Å²) in [5.74, 6) is 0.639. The highest BCUT2D eigenvalue weighted by molar-refractivity contribution is 5.75. The van der Waals surface area contributed by atoms with Gasteiger partial charge < -0.3 is 9.47 Å². The summed E-state index contributed by atoms with van der Waals surface area (Å²) < 4.78 is 11.1. The van der Waals surface area contributed by atoms with Crippen molar-refractivity contribution < 1.29 is 19.1 Å². The Labute approximate surface area is 217 Å². The number of carbonyl (C=O) groups excluding carboxylic acids is 2. The molecule has 0 atom stereocenters. The van der Waals surface area contributed by atoms with Crippen LogP contribution in [0.4, 0.5) is 0 Å². The molecular formula is C31H58O4. The van der Waals surface area contributed by atoms with Gasteiger partial charge in [-0.3, -0.25) is 9.59 Å². The number of hydrogen-bond donors (Lipinski definition) is 0. The Morgan fingerprint density at radius 3 is 1.29 bits per heavy atom. The fourth-order valence-electron chi connectivity index (χ4n) is 5.10. The van der Waals surface area contributed by atoms with Crippen molar-refractivity contribution in [3.8, 4) is 0 Å². The van der Waals surface area contributed by atoms with Crippen LogP contribution in [0.2, 0.25) is 0 Å². The topological polar surface area (TPSA) is 52.6 Å². The molecule has 0 spiro atoms. The molecule has 35 heavy (non-hydrogen) atoms. The van der Waals surface area contributed by atoms with Crippen molar-refractivity contribution in [3.05, 3.63) is 0 Å². The summed E-state index contributed by atoms with van der Waals surface area (Å²) in [5, 5.41) is 0. The summed E-state index contributed by atoms with van der Waals surface area (Å²) in [6.45, 7) is 7.92. The van der Waals surface area contributed by atoms with E-state index in [1.165, 1.54) is 83.5 Å². The summed E-state index contributed by atoms with van der Waals surface area (Å²) in [6.07, 6.45) is 24.5. The summed E-state index contributed by atoms with van der Waals surface area (Å²) in [7, 11) is 0. The zero-order chi connectivity index (χ0) is 25.6. The number of unbranched alkanes of at least 4 members (excludes halogenated alkanes) is 14. The maximum Gasteiger partial charge on any atom is 0.308 e. The fourth-order valence-corrected chi connectivity index (χ4v) is 5.10. The maximum absolute atomic E-state index is 12.4. The number of esters is 2. The average Bonchev–Trinajstić information content (AvgIpc) is 2.86. The van der Waals surface area contributed by atoms with E-state index >= 15 is 0 Å². The van der Waals surface area contributed by atoms with E-state index in [0.717, 1.165) is 57.3 Å². The van der Waals surface area contributed by atoms with Gasteiger partial charge in [0.05, 0.1) is 25.0 Å². The lowest BCUT2D eigenvalue weighted by Crippen LogP contribution is -2.28. The quantitative estimate of drug-likeness (QED) is 0.111. The standard InChI is InChI=1S/C31H58O4/c1-4-5-6-7-8-9-10-12-15-18-25-34-30(32)28-21-23-29(24-22-28)31(33)35-26-19-16-13-11-14-17-20-27(2)3/h27-29H,4-26H2,1-3H3. The van der Waals surface area contributed by atoms with Gasteiger partial charge in [0.2, 0.25) is 0 Å². The lowest BCUT2D eigenvalue weighted by molar-refractivity contribution is -0.155. The Kier molecular flexibility index (Phi) is 20.2. The maximum atomic E-state index is 12.4. The van der Waals surface area contributed by atoms with E-state index in [-0.39, 0.29) is 23.8 Å². The van der Waals surface area contributed by atoms with Gasteiger partial charge in [0, 0.05) is 0 Å². The molecule has 0 radical (unpaired) electrons. The van der Waals surface area contributed by atoms with Gasteiger partial charge in [-0.05, 0) is 44.4 Å². The van der Waals surface area contributed by atoms with Crippen LogP contribution in [0.25, 0.3) is 0 Å². The van der Waals surface area contributed by atoms with Gasteiger partial charge >= 0.3 is 11.9 Å². The van der Waals surface area contributed by atoms with Crippen LogP contribution in [-0.2, 0) is 19.1 Å². The number of carbonyl (C=O) groups is 2. The molecule has 1 rings (SSSR count). The molecule has 1 aliphatic rings. The second kappa shape index (κ2) is 22.2. The molecular weight excluding hydrogens is 436 g/mol. The smallest absolute Gasteiger partial charge is 0.308 e. The zero-order valence-corrected chi connectivity index (χ0v) is 23.6. The molecule has 1 fully saturated rings. The Balaban J connectivity index is 1.95. The highest BCUT2D eigenvalue weighted by Gasteiger charge is 2.31. The van der Waals surface area contributed by atoms with Crippen LogP contribution in [0.15, 0.2) is 0 Å². The predicted octanol–water partition coefficient (Wildman–Crippen LogP) is 9.19. The van der Waals surface area contributed by atoms with E-state index in [9.17, 15) is 9.59 Å². The lowest BCUT2D eigenvalue weighted by atomic mass is 9.82. The van der Waals surface area contributed by atoms with Crippen LogP contribution in [0.5, 0.6) is 0 Å². The minimum atomic E-state index is -0.0564. The molecule has 0 heterocycles. The number of hydrogen-bond acceptors (Lipinski definition) is 4. The van der Waals surface area contributed by atoms with Crippen LogP contribution in [0.3, 0.4) is 0 Å². The fraction of sp³-hybridized carbons (Fsp3) is 0.935. The van der Waals surface area contributed by atoms with E-state index in [4.69, 9.17) is 9.47 Å². The first kappa shape index (κ1) is 32.0. The zero-order valence-electron chi connectivity index (χ0n) is 23.6.